The Hall–Kier alpha value is -2.25. The fraction of sp³-hybridized carbons (Fsp3) is 0.350. The van der Waals surface area contributed by atoms with E-state index in [4.69, 9.17) is 0 Å². The van der Waals surface area contributed by atoms with E-state index in [9.17, 15) is 17.6 Å². The first-order valence-electron chi connectivity index (χ1n) is 8.94. The summed E-state index contributed by atoms with van der Waals surface area (Å²) >= 11 is 0. The highest BCUT2D eigenvalue weighted by Crippen LogP contribution is 2.27. The minimum Gasteiger partial charge on any atom is -0.348 e. The van der Waals surface area contributed by atoms with Crippen LogP contribution in [0.15, 0.2) is 53.4 Å². The molecule has 1 heterocycles. The van der Waals surface area contributed by atoms with Gasteiger partial charge in [-0.3, -0.25) is 4.79 Å². The lowest BCUT2D eigenvalue weighted by Gasteiger charge is -2.25. The van der Waals surface area contributed by atoms with Crippen LogP contribution in [0.3, 0.4) is 0 Å². The SMILES string of the molecule is Cc1ccccc1C(C)NC(=O)C1CCCN1S(=O)(=O)c1ccc(F)cc1. The molecule has 7 heteroatoms. The van der Waals surface area contributed by atoms with E-state index in [2.05, 4.69) is 5.32 Å². The minimum absolute atomic E-state index is 0.00412. The van der Waals surface area contributed by atoms with Crippen LogP contribution in [0.25, 0.3) is 0 Å². The molecule has 0 bridgehead atoms. The van der Waals surface area contributed by atoms with E-state index in [1.54, 1.807) is 0 Å². The number of amides is 1. The van der Waals surface area contributed by atoms with E-state index in [1.807, 2.05) is 38.1 Å². The van der Waals surface area contributed by atoms with Gasteiger partial charge in [0.15, 0.2) is 0 Å². The Morgan fingerprint density at radius 1 is 1.19 bits per heavy atom. The fourth-order valence-corrected chi connectivity index (χ4v) is 5.15. The van der Waals surface area contributed by atoms with Crippen LogP contribution in [0.5, 0.6) is 0 Å². The van der Waals surface area contributed by atoms with Crippen LogP contribution < -0.4 is 5.32 Å². The summed E-state index contributed by atoms with van der Waals surface area (Å²) in [7, 11) is -3.85. The summed E-state index contributed by atoms with van der Waals surface area (Å²) in [6, 6.07) is 11.5. The molecular formula is C20H23FN2O3S. The van der Waals surface area contributed by atoms with Gasteiger partial charge in [-0.1, -0.05) is 24.3 Å². The molecule has 1 N–H and O–H groups in total. The summed E-state index contributed by atoms with van der Waals surface area (Å²) in [6.07, 6.45) is 1.07. The maximum absolute atomic E-state index is 13.1. The quantitative estimate of drug-likeness (QED) is 0.853. The van der Waals surface area contributed by atoms with Crippen molar-refractivity contribution in [3.05, 3.63) is 65.5 Å². The number of hydrogen-bond donors (Lipinski definition) is 1. The first-order chi connectivity index (χ1) is 12.8. The number of aryl methyl sites for hydroxylation is 1. The monoisotopic (exact) mass is 390 g/mol. The van der Waals surface area contributed by atoms with Crippen LogP contribution in [0.2, 0.25) is 0 Å². The molecule has 2 aromatic carbocycles. The smallest absolute Gasteiger partial charge is 0.243 e. The molecule has 144 valence electrons. The van der Waals surface area contributed by atoms with Gasteiger partial charge in [-0.05, 0) is 62.1 Å². The zero-order chi connectivity index (χ0) is 19.6. The Kier molecular flexibility index (Phi) is 5.62. The van der Waals surface area contributed by atoms with E-state index in [0.717, 1.165) is 23.3 Å². The van der Waals surface area contributed by atoms with Gasteiger partial charge in [0, 0.05) is 6.54 Å². The number of nitrogens with one attached hydrogen (secondary N) is 1. The van der Waals surface area contributed by atoms with Crippen molar-refractivity contribution in [2.24, 2.45) is 0 Å². The lowest BCUT2D eigenvalue weighted by atomic mass is 10.0. The molecule has 2 aromatic rings. The summed E-state index contributed by atoms with van der Waals surface area (Å²) < 4.78 is 40.1. The molecule has 5 nitrogen and oxygen atoms in total. The van der Waals surface area contributed by atoms with Crippen LogP contribution in [0.1, 0.15) is 36.9 Å². The second kappa shape index (κ2) is 7.78. The third-order valence-corrected chi connectivity index (χ3v) is 6.86. The predicted octanol–water partition coefficient (Wildman–Crippen LogP) is 3.16. The summed E-state index contributed by atoms with van der Waals surface area (Å²) in [5.41, 5.74) is 2.06. The van der Waals surface area contributed by atoms with Crippen LogP contribution >= 0.6 is 0 Å². The van der Waals surface area contributed by atoms with Crippen molar-refractivity contribution in [1.29, 1.82) is 0 Å². The van der Waals surface area contributed by atoms with E-state index in [1.165, 1.54) is 16.4 Å². The Bertz CT molecular complexity index is 928. The van der Waals surface area contributed by atoms with Gasteiger partial charge >= 0.3 is 0 Å². The number of sulfonamides is 1. The molecule has 1 amide bonds. The molecule has 0 radical (unpaired) electrons. The first kappa shape index (κ1) is 19.5. The Morgan fingerprint density at radius 2 is 1.85 bits per heavy atom. The van der Waals surface area contributed by atoms with Crippen molar-refractivity contribution in [3.63, 3.8) is 0 Å². The van der Waals surface area contributed by atoms with Crippen molar-refractivity contribution >= 4 is 15.9 Å². The number of halogens is 1. The largest absolute Gasteiger partial charge is 0.348 e. The molecule has 0 spiro atoms. The number of benzene rings is 2. The van der Waals surface area contributed by atoms with Crippen molar-refractivity contribution < 1.29 is 17.6 Å². The zero-order valence-corrected chi connectivity index (χ0v) is 16.2. The van der Waals surface area contributed by atoms with E-state index in [-0.39, 0.29) is 23.4 Å². The molecule has 3 rings (SSSR count). The van der Waals surface area contributed by atoms with Gasteiger partial charge in [-0.2, -0.15) is 4.31 Å². The summed E-state index contributed by atoms with van der Waals surface area (Å²) in [5.74, 6) is -0.814. The van der Waals surface area contributed by atoms with Gasteiger partial charge in [0.05, 0.1) is 10.9 Å². The third-order valence-electron chi connectivity index (χ3n) is 4.94. The molecule has 27 heavy (non-hydrogen) atoms. The highest BCUT2D eigenvalue weighted by Gasteiger charge is 2.39. The average Bonchev–Trinajstić information content (AvgIpc) is 3.13. The summed E-state index contributed by atoms with van der Waals surface area (Å²) in [5, 5.41) is 2.94. The van der Waals surface area contributed by atoms with E-state index >= 15 is 0 Å². The molecule has 1 saturated heterocycles. The van der Waals surface area contributed by atoms with Crippen molar-refractivity contribution in [2.45, 2.75) is 43.7 Å². The van der Waals surface area contributed by atoms with Crippen LogP contribution in [-0.4, -0.2) is 31.2 Å². The number of carbonyl (C=O) groups is 1. The average molecular weight is 390 g/mol. The predicted molar refractivity (Wildman–Crippen MR) is 101 cm³/mol. The molecule has 1 aliphatic rings. The van der Waals surface area contributed by atoms with Crippen molar-refractivity contribution in [2.75, 3.05) is 6.54 Å². The Balaban J connectivity index is 1.78. The third kappa shape index (κ3) is 4.04. The fourth-order valence-electron chi connectivity index (χ4n) is 3.49. The van der Waals surface area contributed by atoms with Gasteiger partial charge in [0.2, 0.25) is 15.9 Å². The van der Waals surface area contributed by atoms with Gasteiger partial charge in [0.1, 0.15) is 11.9 Å². The highest BCUT2D eigenvalue weighted by atomic mass is 32.2. The number of hydrogen-bond acceptors (Lipinski definition) is 3. The van der Waals surface area contributed by atoms with Crippen molar-refractivity contribution in [1.82, 2.24) is 9.62 Å². The van der Waals surface area contributed by atoms with Gasteiger partial charge in [-0.25, -0.2) is 12.8 Å². The number of carbonyl (C=O) groups excluding carboxylic acids is 1. The van der Waals surface area contributed by atoms with Gasteiger partial charge in [0.25, 0.3) is 0 Å². The second-order valence-electron chi connectivity index (χ2n) is 6.81. The molecule has 0 aromatic heterocycles. The first-order valence-corrected chi connectivity index (χ1v) is 10.4. The molecule has 1 fully saturated rings. The maximum atomic E-state index is 13.1. The lowest BCUT2D eigenvalue weighted by Crippen LogP contribution is -2.46. The Morgan fingerprint density at radius 3 is 2.52 bits per heavy atom. The molecule has 0 saturated carbocycles. The van der Waals surface area contributed by atoms with Crippen LogP contribution in [0.4, 0.5) is 4.39 Å². The lowest BCUT2D eigenvalue weighted by molar-refractivity contribution is -0.124. The molecular weight excluding hydrogens is 367 g/mol. The van der Waals surface area contributed by atoms with Crippen molar-refractivity contribution in [3.8, 4) is 0 Å². The zero-order valence-electron chi connectivity index (χ0n) is 15.4. The maximum Gasteiger partial charge on any atom is 0.243 e. The molecule has 2 unspecified atom stereocenters. The number of nitrogens with zero attached hydrogens (tertiary/aromatic N) is 1. The summed E-state index contributed by atoms with van der Waals surface area (Å²) in [4.78, 5) is 12.8. The second-order valence-corrected chi connectivity index (χ2v) is 8.71. The topological polar surface area (TPSA) is 66.5 Å². The van der Waals surface area contributed by atoms with Crippen LogP contribution in [-0.2, 0) is 14.8 Å². The molecule has 0 aliphatic carbocycles. The van der Waals surface area contributed by atoms with Gasteiger partial charge < -0.3 is 5.32 Å². The molecule has 1 aliphatic heterocycles. The van der Waals surface area contributed by atoms with Crippen LogP contribution in [0, 0.1) is 12.7 Å². The van der Waals surface area contributed by atoms with E-state index in [0.29, 0.717) is 12.8 Å². The number of rotatable bonds is 5. The minimum atomic E-state index is -3.85. The summed E-state index contributed by atoms with van der Waals surface area (Å²) in [6.45, 7) is 4.13. The molecule has 2 atom stereocenters. The Labute approximate surface area is 159 Å². The highest BCUT2D eigenvalue weighted by molar-refractivity contribution is 7.89. The standard InChI is InChI=1S/C20H23FN2O3S/c1-14-6-3-4-7-18(14)15(2)22-20(24)19-8-5-13-23(19)27(25,26)17-11-9-16(21)10-12-17/h3-4,6-7,9-12,15,19H,5,8,13H2,1-2H3,(H,22,24). The van der Waals surface area contributed by atoms with Gasteiger partial charge in [-0.15, -0.1) is 0 Å². The van der Waals surface area contributed by atoms with E-state index < -0.39 is 21.9 Å². The normalized spacial score (nSPS) is 19.0.